The van der Waals surface area contributed by atoms with Crippen molar-refractivity contribution in [3.63, 3.8) is 0 Å². The van der Waals surface area contributed by atoms with Crippen molar-refractivity contribution in [3.8, 4) is 0 Å². The summed E-state index contributed by atoms with van der Waals surface area (Å²) < 4.78 is 0. The standard InChI is InChI=1S/C15H19NO4/c1-8-13(10(3)17)15(12-6-5-7-19-20-12)14(11(4)18)9(2)16-8/h6,15-16H,5,7H2,1-4H3. The highest BCUT2D eigenvalue weighted by atomic mass is 17.2. The molecule has 0 atom stereocenters. The molecule has 1 N–H and O–H groups in total. The van der Waals surface area contributed by atoms with Gasteiger partial charge < -0.3 is 10.2 Å². The number of hydrogen-bond acceptors (Lipinski definition) is 5. The van der Waals surface area contributed by atoms with Gasteiger partial charge in [0.1, 0.15) is 0 Å². The Morgan fingerprint density at radius 2 is 1.70 bits per heavy atom. The second kappa shape index (κ2) is 5.63. The van der Waals surface area contributed by atoms with E-state index in [2.05, 4.69) is 5.32 Å². The molecule has 0 fully saturated rings. The number of rotatable bonds is 3. The van der Waals surface area contributed by atoms with Crippen LogP contribution in [0, 0.1) is 5.92 Å². The Hall–Kier alpha value is -1.88. The summed E-state index contributed by atoms with van der Waals surface area (Å²) >= 11 is 0. The maximum absolute atomic E-state index is 12.0. The molecule has 0 aromatic carbocycles. The van der Waals surface area contributed by atoms with Gasteiger partial charge in [0.15, 0.2) is 17.3 Å². The van der Waals surface area contributed by atoms with E-state index in [0.717, 1.165) is 11.4 Å². The Bertz CT molecular complexity index is 518. The Morgan fingerprint density at radius 1 is 1.15 bits per heavy atom. The number of allylic oxidation sites excluding steroid dienone is 3. The zero-order chi connectivity index (χ0) is 14.9. The van der Waals surface area contributed by atoms with Crippen LogP contribution in [-0.2, 0) is 19.4 Å². The van der Waals surface area contributed by atoms with Gasteiger partial charge in [-0.1, -0.05) is 0 Å². The summed E-state index contributed by atoms with van der Waals surface area (Å²) in [6, 6.07) is 0. The van der Waals surface area contributed by atoms with E-state index < -0.39 is 5.92 Å². The predicted molar refractivity (Wildman–Crippen MR) is 73.1 cm³/mol. The summed E-state index contributed by atoms with van der Waals surface area (Å²) in [7, 11) is 0. The van der Waals surface area contributed by atoms with Crippen LogP contribution in [0.4, 0.5) is 0 Å². The maximum Gasteiger partial charge on any atom is 0.158 e. The normalized spacial score (nSPS) is 20.3. The lowest BCUT2D eigenvalue weighted by atomic mass is 9.80. The van der Waals surface area contributed by atoms with Crippen LogP contribution in [0.5, 0.6) is 0 Å². The third kappa shape index (κ3) is 2.54. The zero-order valence-electron chi connectivity index (χ0n) is 12.2. The van der Waals surface area contributed by atoms with Crippen molar-refractivity contribution in [2.45, 2.75) is 34.1 Å². The lowest BCUT2D eigenvalue weighted by Crippen LogP contribution is -2.33. The molecule has 0 amide bonds. The fourth-order valence-corrected chi connectivity index (χ4v) is 2.77. The van der Waals surface area contributed by atoms with Crippen molar-refractivity contribution in [3.05, 3.63) is 34.4 Å². The SMILES string of the molecule is CC(=O)C1=C(C)NC(C)=C(C(C)=O)C1C1=CCCOO1. The average molecular weight is 277 g/mol. The first-order valence-corrected chi connectivity index (χ1v) is 6.63. The molecule has 20 heavy (non-hydrogen) atoms. The molecule has 0 aromatic rings. The van der Waals surface area contributed by atoms with Gasteiger partial charge >= 0.3 is 0 Å². The molecule has 108 valence electrons. The molecule has 0 radical (unpaired) electrons. The number of nitrogens with one attached hydrogen (secondary N) is 1. The predicted octanol–water partition coefficient (Wildman–Crippen LogP) is 2.17. The third-order valence-corrected chi connectivity index (χ3v) is 3.51. The van der Waals surface area contributed by atoms with E-state index in [4.69, 9.17) is 9.78 Å². The van der Waals surface area contributed by atoms with Crippen molar-refractivity contribution >= 4 is 11.6 Å². The van der Waals surface area contributed by atoms with Gasteiger partial charge in [0.05, 0.1) is 12.5 Å². The van der Waals surface area contributed by atoms with Crippen LogP contribution in [0.15, 0.2) is 34.4 Å². The molecule has 2 heterocycles. The molecule has 2 rings (SSSR count). The van der Waals surface area contributed by atoms with Crippen LogP contribution < -0.4 is 5.32 Å². The van der Waals surface area contributed by atoms with Crippen LogP contribution in [0.25, 0.3) is 0 Å². The van der Waals surface area contributed by atoms with Gasteiger partial charge in [-0.25, -0.2) is 0 Å². The van der Waals surface area contributed by atoms with Crippen molar-refractivity contribution < 1.29 is 19.4 Å². The van der Waals surface area contributed by atoms with Crippen molar-refractivity contribution in [1.82, 2.24) is 5.32 Å². The highest BCUT2D eigenvalue weighted by molar-refractivity contribution is 6.02. The summed E-state index contributed by atoms with van der Waals surface area (Å²) in [5.74, 6) is -0.124. The number of carbonyl (C=O) groups excluding carboxylic acids is 2. The van der Waals surface area contributed by atoms with Crippen LogP contribution in [0.1, 0.15) is 34.1 Å². The van der Waals surface area contributed by atoms with Gasteiger partial charge in [0.25, 0.3) is 0 Å². The molecular weight excluding hydrogens is 258 g/mol. The molecule has 2 aliphatic heterocycles. The fourth-order valence-electron chi connectivity index (χ4n) is 2.77. The van der Waals surface area contributed by atoms with E-state index in [1.165, 1.54) is 13.8 Å². The second-order valence-electron chi connectivity index (χ2n) is 5.05. The van der Waals surface area contributed by atoms with E-state index in [0.29, 0.717) is 29.9 Å². The van der Waals surface area contributed by atoms with E-state index in [1.54, 1.807) is 0 Å². The topological polar surface area (TPSA) is 64.6 Å². The highest BCUT2D eigenvalue weighted by Crippen LogP contribution is 2.37. The molecule has 2 aliphatic rings. The summed E-state index contributed by atoms with van der Waals surface area (Å²) in [5, 5.41) is 3.11. The van der Waals surface area contributed by atoms with Gasteiger partial charge in [-0.2, -0.15) is 4.89 Å². The van der Waals surface area contributed by atoms with Crippen LogP contribution in [0.3, 0.4) is 0 Å². The molecule has 0 spiro atoms. The van der Waals surface area contributed by atoms with Crippen LogP contribution in [-0.4, -0.2) is 18.2 Å². The Morgan fingerprint density at radius 3 is 2.10 bits per heavy atom. The highest BCUT2D eigenvalue weighted by Gasteiger charge is 2.37. The molecule has 5 heteroatoms. The summed E-state index contributed by atoms with van der Waals surface area (Å²) in [6.45, 7) is 7.12. The Balaban J connectivity index is 2.57. The minimum Gasteiger partial charge on any atom is -0.362 e. The van der Waals surface area contributed by atoms with Crippen molar-refractivity contribution in [1.29, 1.82) is 0 Å². The van der Waals surface area contributed by atoms with Crippen LogP contribution >= 0.6 is 0 Å². The van der Waals surface area contributed by atoms with Gasteiger partial charge in [-0.05, 0) is 40.2 Å². The van der Waals surface area contributed by atoms with Gasteiger partial charge in [0.2, 0.25) is 0 Å². The molecular formula is C15H19NO4. The van der Waals surface area contributed by atoms with Gasteiger partial charge in [0, 0.05) is 22.5 Å². The molecule has 0 saturated carbocycles. The lowest BCUT2D eigenvalue weighted by Gasteiger charge is -2.31. The first kappa shape index (κ1) is 14.5. The summed E-state index contributed by atoms with van der Waals surface area (Å²) in [4.78, 5) is 34.2. The fraction of sp³-hybridized carbons (Fsp3) is 0.467. The monoisotopic (exact) mass is 277 g/mol. The lowest BCUT2D eigenvalue weighted by molar-refractivity contribution is -0.272. The quantitative estimate of drug-likeness (QED) is 0.801. The first-order valence-electron chi connectivity index (χ1n) is 6.63. The minimum atomic E-state index is -0.480. The number of hydrogen-bond donors (Lipinski definition) is 1. The molecule has 0 aliphatic carbocycles. The van der Waals surface area contributed by atoms with Crippen LogP contribution in [0.2, 0.25) is 0 Å². The maximum atomic E-state index is 12.0. The number of Topliss-reactive ketones (excluding diaryl/α,β-unsaturated/α-hetero) is 2. The van der Waals surface area contributed by atoms with E-state index in [1.807, 2.05) is 19.9 Å². The molecule has 5 nitrogen and oxygen atoms in total. The molecule has 0 aromatic heterocycles. The summed E-state index contributed by atoms with van der Waals surface area (Å²) in [6.07, 6.45) is 2.58. The second-order valence-corrected chi connectivity index (χ2v) is 5.05. The smallest absolute Gasteiger partial charge is 0.158 e. The summed E-state index contributed by atoms with van der Waals surface area (Å²) in [5.41, 5.74) is 2.61. The van der Waals surface area contributed by atoms with E-state index in [9.17, 15) is 9.59 Å². The largest absolute Gasteiger partial charge is 0.362 e. The van der Waals surface area contributed by atoms with E-state index >= 15 is 0 Å². The third-order valence-electron chi connectivity index (χ3n) is 3.51. The number of dihydropyridines is 1. The molecule has 0 unspecified atom stereocenters. The Labute approximate surface area is 118 Å². The Kier molecular flexibility index (Phi) is 4.09. The van der Waals surface area contributed by atoms with Crippen molar-refractivity contribution in [2.24, 2.45) is 5.92 Å². The van der Waals surface area contributed by atoms with Crippen molar-refractivity contribution in [2.75, 3.05) is 6.61 Å². The van der Waals surface area contributed by atoms with Gasteiger partial charge in [-0.15, -0.1) is 0 Å². The molecule has 0 saturated heterocycles. The minimum absolute atomic E-state index is 0.0821. The van der Waals surface area contributed by atoms with E-state index in [-0.39, 0.29) is 11.6 Å². The molecule has 0 bridgehead atoms. The number of ketones is 2. The average Bonchev–Trinajstić information content (AvgIpc) is 2.37. The van der Waals surface area contributed by atoms with Gasteiger partial charge in [-0.3, -0.25) is 9.59 Å². The number of carbonyl (C=O) groups is 2. The zero-order valence-corrected chi connectivity index (χ0v) is 12.2. The first-order chi connectivity index (χ1) is 9.43.